The summed E-state index contributed by atoms with van der Waals surface area (Å²) < 4.78 is 11.4. The summed E-state index contributed by atoms with van der Waals surface area (Å²) in [5.41, 5.74) is 2.12. The van der Waals surface area contributed by atoms with Crippen molar-refractivity contribution in [1.82, 2.24) is 10.2 Å². The summed E-state index contributed by atoms with van der Waals surface area (Å²) in [5, 5.41) is 8.74. The van der Waals surface area contributed by atoms with Gasteiger partial charge in [-0.3, -0.25) is 0 Å². The molecule has 0 atom stereocenters. The predicted molar refractivity (Wildman–Crippen MR) is 94.2 cm³/mol. The van der Waals surface area contributed by atoms with Crippen molar-refractivity contribution in [2.45, 2.75) is 32.8 Å². The van der Waals surface area contributed by atoms with Gasteiger partial charge in [-0.15, -0.1) is 10.2 Å². The Morgan fingerprint density at radius 3 is 2.50 bits per heavy atom. The Bertz CT molecular complexity index is 820. The minimum Gasteiger partial charge on any atom is -0.484 e. The van der Waals surface area contributed by atoms with Gasteiger partial charge in [0.1, 0.15) is 5.75 Å². The van der Waals surface area contributed by atoms with Gasteiger partial charge in [0.25, 0.3) is 5.89 Å². The molecule has 24 heavy (non-hydrogen) atoms. The molecule has 4 nitrogen and oxygen atoms in total. The molecule has 0 unspecified atom stereocenters. The quantitative estimate of drug-likeness (QED) is 0.648. The fraction of sp³-hybridized carbons (Fsp3) is 0.263. The van der Waals surface area contributed by atoms with Crippen molar-refractivity contribution in [3.8, 4) is 17.2 Å². The van der Waals surface area contributed by atoms with E-state index in [9.17, 15) is 0 Å². The average Bonchev–Trinajstić information content (AvgIpc) is 3.02. The third-order valence-corrected chi connectivity index (χ3v) is 3.87. The molecule has 0 spiro atoms. The van der Waals surface area contributed by atoms with Crippen molar-refractivity contribution < 1.29 is 9.15 Å². The SMILES string of the molecule is CC(C)(C)c1cccc(OCc2nnc(-c3ccc(Cl)cc3)o2)c1. The zero-order valence-electron chi connectivity index (χ0n) is 13.9. The Hall–Kier alpha value is -2.33. The Kier molecular flexibility index (Phi) is 4.58. The molecule has 0 aliphatic heterocycles. The molecular weight excluding hydrogens is 324 g/mol. The molecule has 0 bridgehead atoms. The van der Waals surface area contributed by atoms with Crippen LogP contribution in [0.25, 0.3) is 11.5 Å². The topological polar surface area (TPSA) is 48.2 Å². The van der Waals surface area contributed by atoms with Crippen molar-refractivity contribution >= 4 is 11.6 Å². The third kappa shape index (κ3) is 3.95. The average molecular weight is 343 g/mol. The molecule has 0 saturated carbocycles. The second-order valence-electron chi connectivity index (χ2n) is 6.57. The summed E-state index contributed by atoms with van der Waals surface area (Å²) in [7, 11) is 0. The summed E-state index contributed by atoms with van der Waals surface area (Å²) >= 11 is 5.88. The first kappa shape index (κ1) is 16.5. The van der Waals surface area contributed by atoms with Gasteiger partial charge < -0.3 is 9.15 Å². The summed E-state index contributed by atoms with van der Waals surface area (Å²) in [6.07, 6.45) is 0. The van der Waals surface area contributed by atoms with Gasteiger partial charge in [-0.2, -0.15) is 0 Å². The Morgan fingerprint density at radius 2 is 1.79 bits per heavy atom. The Morgan fingerprint density at radius 1 is 1.04 bits per heavy atom. The summed E-state index contributed by atoms with van der Waals surface area (Å²) in [6.45, 7) is 6.74. The Balaban J connectivity index is 1.69. The van der Waals surface area contributed by atoms with Crippen LogP contribution in [-0.4, -0.2) is 10.2 Å². The van der Waals surface area contributed by atoms with Gasteiger partial charge in [0, 0.05) is 10.6 Å². The lowest BCUT2D eigenvalue weighted by Crippen LogP contribution is -2.11. The lowest BCUT2D eigenvalue weighted by atomic mass is 9.87. The monoisotopic (exact) mass is 342 g/mol. The van der Waals surface area contributed by atoms with E-state index in [0.717, 1.165) is 11.3 Å². The maximum absolute atomic E-state index is 5.88. The number of nitrogens with zero attached hydrogens (tertiary/aromatic N) is 2. The maximum atomic E-state index is 5.88. The van der Waals surface area contributed by atoms with E-state index in [0.29, 0.717) is 16.8 Å². The molecule has 3 rings (SSSR count). The van der Waals surface area contributed by atoms with Gasteiger partial charge in [-0.25, -0.2) is 0 Å². The van der Waals surface area contributed by atoms with Crippen LogP contribution >= 0.6 is 11.6 Å². The molecule has 1 aromatic heterocycles. The van der Waals surface area contributed by atoms with Crippen LogP contribution in [-0.2, 0) is 12.0 Å². The van der Waals surface area contributed by atoms with E-state index in [1.54, 1.807) is 12.1 Å². The number of halogens is 1. The van der Waals surface area contributed by atoms with Crippen LogP contribution in [0, 0.1) is 0 Å². The summed E-state index contributed by atoms with van der Waals surface area (Å²) in [6, 6.07) is 15.3. The second kappa shape index (κ2) is 6.65. The van der Waals surface area contributed by atoms with E-state index in [1.165, 1.54) is 5.56 Å². The van der Waals surface area contributed by atoms with Gasteiger partial charge >= 0.3 is 0 Å². The van der Waals surface area contributed by atoms with Crippen LogP contribution in [0.2, 0.25) is 5.02 Å². The number of aromatic nitrogens is 2. The highest BCUT2D eigenvalue weighted by atomic mass is 35.5. The van der Waals surface area contributed by atoms with E-state index in [4.69, 9.17) is 20.8 Å². The van der Waals surface area contributed by atoms with Crippen LogP contribution in [0.5, 0.6) is 5.75 Å². The van der Waals surface area contributed by atoms with Crippen LogP contribution in [0.4, 0.5) is 0 Å². The molecule has 0 saturated heterocycles. The van der Waals surface area contributed by atoms with E-state index < -0.39 is 0 Å². The molecule has 0 aliphatic rings. The molecule has 1 heterocycles. The molecule has 0 N–H and O–H groups in total. The molecule has 0 amide bonds. The fourth-order valence-corrected chi connectivity index (χ4v) is 2.34. The van der Waals surface area contributed by atoms with Crippen molar-refractivity contribution in [3.63, 3.8) is 0 Å². The summed E-state index contributed by atoms with van der Waals surface area (Å²) in [5.74, 6) is 1.67. The van der Waals surface area contributed by atoms with Crippen molar-refractivity contribution in [3.05, 3.63) is 65.0 Å². The molecule has 5 heteroatoms. The lowest BCUT2D eigenvalue weighted by Gasteiger charge is -2.19. The highest BCUT2D eigenvalue weighted by Crippen LogP contribution is 2.26. The number of rotatable bonds is 4. The van der Waals surface area contributed by atoms with Gasteiger partial charge in [-0.05, 0) is 47.4 Å². The number of hydrogen-bond acceptors (Lipinski definition) is 4. The van der Waals surface area contributed by atoms with Gasteiger partial charge in [0.05, 0.1) is 0 Å². The molecule has 0 radical (unpaired) electrons. The summed E-state index contributed by atoms with van der Waals surface area (Å²) in [4.78, 5) is 0. The van der Waals surface area contributed by atoms with E-state index >= 15 is 0 Å². The highest BCUT2D eigenvalue weighted by Gasteiger charge is 2.14. The predicted octanol–water partition coefficient (Wildman–Crippen LogP) is 5.27. The maximum Gasteiger partial charge on any atom is 0.254 e. The molecule has 0 fully saturated rings. The first-order valence-corrected chi connectivity index (χ1v) is 8.11. The first-order valence-electron chi connectivity index (χ1n) is 7.73. The van der Waals surface area contributed by atoms with E-state index in [2.05, 4.69) is 37.0 Å². The van der Waals surface area contributed by atoms with Gasteiger partial charge in [0.2, 0.25) is 5.89 Å². The molecule has 124 valence electrons. The smallest absolute Gasteiger partial charge is 0.254 e. The number of hydrogen-bond donors (Lipinski definition) is 0. The standard InChI is InChI=1S/C19H19ClN2O2/c1-19(2,3)14-5-4-6-16(11-14)23-12-17-21-22-18(24-17)13-7-9-15(20)10-8-13/h4-11H,12H2,1-3H3. The molecule has 3 aromatic rings. The van der Waals surface area contributed by atoms with Crippen LogP contribution < -0.4 is 4.74 Å². The van der Waals surface area contributed by atoms with Crippen molar-refractivity contribution in [1.29, 1.82) is 0 Å². The van der Waals surface area contributed by atoms with Gasteiger partial charge in [-0.1, -0.05) is 44.5 Å². The first-order chi connectivity index (χ1) is 11.4. The van der Waals surface area contributed by atoms with E-state index in [-0.39, 0.29) is 12.0 Å². The lowest BCUT2D eigenvalue weighted by molar-refractivity contribution is 0.264. The fourth-order valence-electron chi connectivity index (χ4n) is 2.22. The normalized spacial score (nSPS) is 11.5. The van der Waals surface area contributed by atoms with Crippen LogP contribution in [0.1, 0.15) is 32.2 Å². The minimum atomic E-state index is 0.0750. The van der Waals surface area contributed by atoms with Crippen LogP contribution in [0.3, 0.4) is 0 Å². The zero-order valence-corrected chi connectivity index (χ0v) is 14.7. The molecular formula is C19H19ClN2O2. The number of ether oxygens (including phenoxy) is 1. The van der Waals surface area contributed by atoms with Gasteiger partial charge in [0.15, 0.2) is 6.61 Å². The minimum absolute atomic E-state index is 0.0750. The van der Waals surface area contributed by atoms with Crippen molar-refractivity contribution in [2.75, 3.05) is 0 Å². The second-order valence-corrected chi connectivity index (χ2v) is 7.01. The van der Waals surface area contributed by atoms with E-state index in [1.807, 2.05) is 30.3 Å². The third-order valence-electron chi connectivity index (χ3n) is 3.62. The Labute approximate surface area is 146 Å². The molecule has 2 aromatic carbocycles. The van der Waals surface area contributed by atoms with Crippen molar-refractivity contribution in [2.24, 2.45) is 0 Å². The highest BCUT2D eigenvalue weighted by molar-refractivity contribution is 6.30. The number of benzene rings is 2. The largest absolute Gasteiger partial charge is 0.484 e. The zero-order chi connectivity index (χ0) is 17.2. The van der Waals surface area contributed by atoms with Crippen LogP contribution in [0.15, 0.2) is 52.9 Å². The molecule has 0 aliphatic carbocycles.